The molecule has 0 saturated heterocycles. The molecular weight excluding hydrogens is 464 g/mol. The van der Waals surface area contributed by atoms with Gasteiger partial charge in [-0.05, 0) is 92.1 Å². The van der Waals surface area contributed by atoms with Crippen LogP contribution in [0.3, 0.4) is 0 Å². The maximum atomic E-state index is 12.6. The summed E-state index contributed by atoms with van der Waals surface area (Å²) in [4.78, 5) is 12.6. The molecule has 37 heavy (non-hydrogen) atoms. The summed E-state index contributed by atoms with van der Waals surface area (Å²) in [6.07, 6.45) is 16.4. The minimum Gasteiger partial charge on any atom is -0.465 e. The van der Waals surface area contributed by atoms with E-state index >= 15 is 0 Å². The van der Waals surface area contributed by atoms with Crippen molar-refractivity contribution in [2.24, 2.45) is 28.6 Å². The summed E-state index contributed by atoms with van der Waals surface area (Å²) < 4.78 is 5.44. The smallest absolute Gasteiger partial charge is 0.315 e. The van der Waals surface area contributed by atoms with Crippen molar-refractivity contribution in [3.63, 3.8) is 0 Å². The monoisotopic (exact) mass is 512 g/mol. The van der Waals surface area contributed by atoms with Gasteiger partial charge in [-0.25, -0.2) is 0 Å². The molecule has 0 amide bonds. The van der Waals surface area contributed by atoms with Gasteiger partial charge in [-0.15, -0.1) is 0 Å². The molecule has 3 N–H and O–H groups in total. The van der Waals surface area contributed by atoms with Crippen LogP contribution in [-0.2, 0) is 9.53 Å². The van der Waals surface area contributed by atoms with E-state index in [1.807, 2.05) is 6.08 Å². The third kappa shape index (κ3) is 5.84. The summed E-state index contributed by atoms with van der Waals surface area (Å²) in [6, 6.07) is 0. The summed E-state index contributed by atoms with van der Waals surface area (Å²) in [6.45, 7) is 11.3. The Morgan fingerprint density at radius 3 is 2.65 bits per heavy atom. The average Bonchev–Trinajstić information content (AvgIpc) is 3.60. The lowest BCUT2D eigenvalue weighted by atomic mass is 9.61. The SMILES string of the molecule is C=C1/C(=C/C=C2/CCC[C@]3(C)[C@@H](C(C)/C=C/C(O)C4(C(=O)OCCCC)CC4)CC[C@@H]23)C[C@@H](O)C[C@@H]1O. The summed E-state index contributed by atoms with van der Waals surface area (Å²) in [7, 11) is 0. The first-order valence-electron chi connectivity index (χ1n) is 14.6. The number of carbonyl (C=O) groups excluding carboxylic acids is 1. The van der Waals surface area contributed by atoms with E-state index in [-0.39, 0.29) is 11.4 Å². The highest BCUT2D eigenvalue weighted by Gasteiger charge is 2.56. The predicted molar refractivity (Wildman–Crippen MR) is 147 cm³/mol. The molecule has 4 aliphatic carbocycles. The maximum Gasteiger partial charge on any atom is 0.315 e. The Bertz CT molecular complexity index is 941. The van der Waals surface area contributed by atoms with E-state index in [0.29, 0.717) is 50.0 Å². The molecule has 4 saturated carbocycles. The molecule has 0 aromatic rings. The van der Waals surface area contributed by atoms with Gasteiger partial charge in [0.15, 0.2) is 0 Å². The molecule has 2 unspecified atom stereocenters. The Morgan fingerprint density at radius 1 is 1.19 bits per heavy atom. The number of ether oxygens (including phenoxy) is 1. The topological polar surface area (TPSA) is 87.0 Å². The summed E-state index contributed by atoms with van der Waals surface area (Å²) in [5.41, 5.74) is 2.66. The number of fused-ring (bicyclic) bond motifs is 1. The lowest BCUT2D eigenvalue weighted by Gasteiger charge is -2.44. The van der Waals surface area contributed by atoms with Crippen LogP contribution in [0, 0.1) is 28.6 Å². The van der Waals surface area contributed by atoms with Crippen LogP contribution < -0.4 is 0 Å². The van der Waals surface area contributed by atoms with Crippen LogP contribution in [0.5, 0.6) is 0 Å². The van der Waals surface area contributed by atoms with E-state index < -0.39 is 23.7 Å². The fraction of sp³-hybridized carbons (Fsp3) is 0.719. The molecule has 0 bridgehead atoms. The van der Waals surface area contributed by atoms with Gasteiger partial charge in [0.2, 0.25) is 0 Å². The zero-order valence-electron chi connectivity index (χ0n) is 23.1. The number of carbonyl (C=O) groups is 1. The van der Waals surface area contributed by atoms with Crippen molar-refractivity contribution in [3.05, 3.63) is 47.6 Å². The number of rotatable bonds is 9. The second-order valence-corrected chi connectivity index (χ2v) is 12.5. The van der Waals surface area contributed by atoms with Crippen LogP contribution in [0.1, 0.15) is 91.4 Å². The first-order valence-corrected chi connectivity index (χ1v) is 14.6. The van der Waals surface area contributed by atoms with Crippen LogP contribution in [0.15, 0.2) is 47.6 Å². The largest absolute Gasteiger partial charge is 0.465 e. The molecular formula is C32H48O5. The molecule has 206 valence electrons. The maximum absolute atomic E-state index is 12.6. The summed E-state index contributed by atoms with van der Waals surface area (Å²) in [5.74, 6) is 1.13. The van der Waals surface area contributed by atoms with Crippen LogP contribution in [0.4, 0.5) is 0 Å². The Morgan fingerprint density at radius 2 is 1.95 bits per heavy atom. The Hall–Kier alpha value is -1.69. The Kier molecular flexibility index (Phi) is 8.87. The molecule has 0 heterocycles. The highest BCUT2D eigenvalue weighted by molar-refractivity contribution is 5.81. The molecule has 0 spiro atoms. The number of aliphatic hydroxyl groups is 3. The van der Waals surface area contributed by atoms with Crippen molar-refractivity contribution in [3.8, 4) is 0 Å². The molecule has 5 nitrogen and oxygen atoms in total. The van der Waals surface area contributed by atoms with Gasteiger partial charge in [-0.1, -0.05) is 63.6 Å². The van der Waals surface area contributed by atoms with Gasteiger partial charge >= 0.3 is 5.97 Å². The number of unbranched alkanes of at least 4 members (excludes halogenated alkanes) is 1. The quantitative estimate of drug-likeness (QED) is 0.206. The van der Waals surface area contributed by atoms with Crippen molar-refractivity contribution in [1.82, 2.24) is 0 Å². The standard InChI is InChI=1S/C32H48O5/c1-5-6-18-37-30(36)32(16-17-32)29(35)14-9-21(2)26-12-13-27-23(8-7-15-31(26,27)4)10-11-24-19-25(33)20-28(34)22(24)3/h9-11,14,21,25-29,33-35H,3,5-8,12-13,15-20H2,1-2,4H3/b14-9+,23-10-,24-11+/t21?,25-,26-,27+,28+,29?,31-/m1/s1. The molecule has 0 radical (unpaired) electrons. The molecule has 0 aliphatic heterocycles. The molecule has 4 aliphatic rings. The summed E-state index contributed by atoms with van der Waals surface area (Å²) in [5, 5.41) is 31.2. The zero-order chi connectivity index (χ0) is 26.8. The average molecular weight is 513 g/mol. The van der Waals surface area contributed by atoms with Gasteiger partial charge in [0.1, 0.15) is 0 Å². The number of allylic oxidation sites excluding steroid dienone is 4. The van der Waals surface area contributed by atoms with Crippen LogP contribution in [-0.4, -0.2) is 46.2 Å². The van der Waals surface area contributed by atoms with E-state index in [0.717, 1.165) is 49.7 Å². The van der Waals surface area contributed by atoms with E-state index in [2.05, 4.69) is 45.6 Å². The van der Waals surface area contributed by atoms with Crippen molar-refractivity contribution in [1.29, 1.82) is 0 Å². The molecule has 0 aromatic carbocycles. The van der Waals surface area contributed by atoms with E-state index in [1.165, 1.54) is 12.0 Å². The Balaban J connectivity index is 1.42. The summed E-state index contributed by atoms with van der Waals surface area (Å²) >= 11 is 0. The number of aliphatic hydroxyl groups excluding tert-OH is 3. The van der Waals surface area contributed by atoms with Crippen molar-refractivity contribution >= 4 is 5.97 Å². The predicted octanol–water partition coefficient (Wildman–Crippen LogP) is 5.80. The third-order valence-electron chi connectivity index (χ3n) is 10.0. The molecule has 5 heteroatoms. The second kappa shape index (κ2) is 11.6. The van der Waals surface area contributed by atoms with Gasteiger partial charge < -0.3 is 20.1 Å². The minimum absolute atomic E-state index is 0.205. The number of hydrogen-bond donors (Lipinski definition) is 3. The zero-order valence-corrected chi connectivity index (χ0v) is 23.1. The molecule has 4 rings (SSSR count). The van der Waals surface area contributed by atoms with E-state index in [1.54, 1.807) is 0 Å². The molecule has 0 aromatic heterocycles. The lowest BCUT2D eigenvalue weighted by Crippen LogP contribution is -2.36. The molecule has 4 fully saturated rings. The van der Waals surface area contributed by atoms with E-state index in [4.69, 9.17) is 4.74 Å². The van der Waals surface area contributed by atoms with Crippen LogP contribution >= 0.6 is 0 Å². The third-order valence-corrected chi connectivity index (χ3v) is 10.0. The molecule has 7 atom stereocenters. The fourth-order valence-electron chi connectivity index (χ4n) is 7.42. The lowest BCUT2D eigenvalue weighted by molar-refractivity contribution is -0.153. The highest BCUT2D eigenvalue weighted by atomic mass is 16.5. The second-order valence-electron chi connectivity index (χ2n) is 12.5. The van der Waals surface area contributed by atoms with Crippen LogP contribution in [0.25, 0.3) is 0 Å². The van der Waals surface area contributed by atoms with Crippen molar-refractivity contribution in [2.45, 2.75) is 110 Å². The van der Waals surface area contributed by atoms with Gasteiger partial charge in [-0.2, -0.15) is 0 Å². The fourth-order valence-corrected chi connectivity index (χ4v) is 7.42. The number of hydrogen-bond acceptors (Lipinski definition) is 5. The normalized spacial score (nSPS) is 37.1. The van der Waals surface area contributed by atoms with Gasteiger partial charge in [-0.3, -0.25) is 4.79 Å². The first-order chi connectivity index (χ1) is 17.6. The highest BCUT2D eigenvalue weighted by Crippen LogP contribution is 2.59. The van der Waals surface area contributed by atoms with Crippen molar-refractivity contribution in [2.75, 3.05) is 6.61 Å². The minimum atomic E-state index is -0.781. The Labute approximate surface area is 223 Å². The van der Waals surface area contributed by atoms with Gasteiger partial charge in [0.05, 0.1) is 30.3 Å². The van der Waals surface area contributed by atoms with Gasteiger partial charge in [0.25, 0.3) is 0 Å². The van der Waals surface area contributed by atoms with Crippen molar-refractivity contribution < 1.29 is 24.9 Å². The first kappa shape index (κ1) is 28.3. The van der Waals surface area contributed by atoms with E-state index in [9.17, 15) is 20.1 Å². The van der Waals surface area contributed by atoms with Gasteiger partial charge in [0, 0.05) is 6.42 Å². The number of esters is 1. The van der Waals surface area contributed by atoms with Crippen LogP contribution in [0.2, 0.25) is 0 Å².